The Kier molecular flexibility index (Phi) is 6.94. The molecule has 23 heavy (non-hydrogen) atoms. The molecule has 6 heteroatoms. The Morgan fingerprint density at radius 3 is 2.22 bits per heavy atom. The Labute approximate surface area is 138 Å². The SMILES string of the molecule is CCNC(=NCC(c1c(F)cccc1F)N(C)C)NC(C)(C)C. The van der Waals surface area contributed by atoms with Gasteiger partial charge < -0.3 is 15.5 Å². The maximum atomic E-state index is 14.1. The highest BCUT2D eigenvalue weighted by molar-refractivity contribution is 5.80. The zero-order chi connectivity index (χ0) is 17.6. The van der Waals surface area contributed by atoms with Crippen LogP contribution >= 0.6 is 0 Å². The van der Waals surface area contributed by atoms with Gasteiger partial charge in [0.1, 0.15) is 11.6 Å². The summed E-state index contributed by atoms with van der Waals surface area (Å²) in [5.41, 5.74) is -0.106. The highest BCUT2D eigenvalue weighted by Gasteiger charge is 2.22. The molecular formula is C17H28F2N4. The van der Waals surface area contributed by atoms with Gasteiger partial charge in [0.2, 0.25) is 0 Å². The molecule has 0 fully saturated rings. The van der Waals surface area contributed by atoms with E-state index < -0.39 is 17.7 Å². The lowest BCUT2D eigenvalue weighted by Gasteiger charge is -2.26. The van der Waals surface area contributed by atoms with Crippen molar-refractivity contribution in [1.82, 2.24) is 15.5 Å². The smallest absolute Gasteiger partial charge is 0.191 e. The summed E-state index contributed by atoms with van der Waals surface area (Å²) in [7, 11) is 3.58. The molecule has 1 aromatic carbocycles. The van der Waals surface area contributed by atoms with Crippen molar-refractivity contribution in [2.24, 2.45) is 4.99 Å². The van der Waals surface area contributed by atoms with E-state index in [0.717, 1.165) is 0 Å². The van der Waals surface area contributed by atoms with Crippen LogP contribution in [0.5, 0.6) is 0 Å². The van der Waals surface area contributed by atoms with Crippen molar-refractivity contribution in [3.63, 3.8) is 0 Å². The van der Waals surface area contributed by atoms with Gasteiger partial charge in [-0.25, -0.2) is 8.78 Å². The van der Waals surface area contributed by atoms with Crippen molar-refractivity contribution in [3.05, 3.63) is 35.4 Å². The summed E-state index contributed by atoms with van der Waals surface area (Å²) in [4.78, 5) is 6.27. The zero-order valence-electron chi connectivity index (χ0n) is 14.9. The van der Waals surface area contributed by atoms with Crippen LogP contribution in [0, 0.1) is 11.6 Å². The molecule has 130 valence electrons. The standard InChI is InChI=1S/C17H28F2N4/c1-7-20-16(22-17(2,3)4)21-11-14(23(5)6)15-12(18)9-8-10-13(15)19/h8-10,14H,7,11H2,1-6H3,(H2,20,21,22). The molecule has 0 saturated heterocycles. The third-order valence-corrected chi connectivity index (χ3v) is 3.22. The largest absolute Gasteiger partial charge is 0.357 e. The highest BCUT2D eigenvalue weighted by Crippen LogP contribution is 2.24. The van der Waals surface area contributed by atoms with Crippen molar-refractivity contribution in [2.45, 2.75) is 39.3 Å². The third-order valence-electron chi connectivity index (χ3n) is 3.22. The van der Waals surface area contributed by atoms with Crippen LogP contribution in [0.2, 0.25) is 0 Å². The number of likely N-dealkylation sites (N-methyl/N-ethyl adjacent to an activating group) is 1. The molecule has 0 aromatic heterocycles. The van der Waals surface area contributed by atoms with Crippen molar-refractivity contribution < 1.29 is 8.78 Å². The van der Waals surface area contributed by atoms with Crippen LogP contribution in [0.25, 0.3) is 0 Å². The molecule has 0 radical (unpaired) electrons. The van der Waals surface area contributed by atoms with Gasteiger partial charge in [0.15, 0.2) is 5.96 Å². The molecule has 1 rings (SSSR count). The van der Waals surface area contributed by atoms with E-state index in [0.29, 0.717) is 12.5 Å². The van der Waals surface area contributed by atoms with E-state index in [2.05, 4.69) is 15.6 Å². The second-order valence-corrected chi connectivity index (χ2v) is 6.71. The van der Waals surface area contributed by atoms with Gasteiger partial charge in [0, 0.05) is 17.6 Å². The molecule has 4 nitrogen and oxygen atoms in total. The van der Waals surface area contributed by atoms with Crippen LogP contribution in [0.4, 0.5) is 8.78 Å². The number of hydrogen-bond donors (Lipinski definition) is 2. The number of aliphatic imine (C=N–C) groups is 1. The number of hydrogen-bond acceptors (Lipinski definition) is 2. The Morgan fingerprint density at radius 2 is 1.78 bits per heavy atom. The maximum absolute atomic E-state index is 14.1. The van der Waals surface area contributed by atoms with Crippen LogP contribution in [-0.2, 0) is 0 Å². The second-order valence-electron chi connectivity index (χ2n) is 6.71. The van der Waals surface area contributed by atoms with E-state index in [4.69, 9.17) is 0 Å². The van der Waals surface area contributed by atoms with E-state index in [1.807, 2.05) is 27.7 Å². The summed E-state index contributed by atoms with van der Waals surface area (Å²) >= 11 is 0. The average Bonchev–Trinajstić information content (AvgIpc) is 2.39. The van der Waals surface area contributed by atoms with Crippen molar-refractivity contribution >= 4 is 5.96 Å². The lowest BCUT2D eigenvalue weighted by atomic mass is 10.0. The number of guanidine groups is 1. The molecule has 0 aliphatic heterocycles. The number of nitrogens with one attached hydrogen (secondary N) is 2. The fraction of sp³-hybridized carbons (Fsp3) is 0.588. The molecule has 0 aliphatic rings. The minimum Gasteiger partial charge on any atom is -0.357 e. The summed E-state index contributed by atoms with van der Waals surface area (Å²) < 4.78 is 28.1. The quantitative estimate of drug-likeness (QED) is 0.645. The first-order chi connectivity index (χ1) is 10.7. The normalized spacial score (nSPS) is 14.0. The first-order valence-electron chi connectivity index (χ1n) is 7.82. The number of halogens is 2. The fourth-order valence-corrected chi connectivity index (χ4v) is 2.18. The van der Waals surface area contributed by atoms with Gasteiger partial charge in [0.25, 0.3) is 0 Å². The summed E-state index contributed by atoms with van der Waals surface area (Å²) in [6.45, 7) is 9.01. The predicted octanol–water partition coefficient (Wildman–Crippen LogP) is 2.92. The fourth-order valence-electron chi connectivity index (χ4n) is 2.18. The van der Waals surface area contributed by atoms with E-state index >= 15 is 0 Å². The lowest BCUT2D eigenvalue weighted by Crippen LogP contribution is -2.47. The van der Waals surface area contributed by atoms with Gasteiger partial charge in [-0.3, -0.25) is 4.99 Å². The first kappa shape index (κ1) is 19.4. The Hall–Kier alpha value is -1.69. The summed E-state index contributed by atoms with van der Waals surface area (Å²) in [6.07, 6.45) is 0. The summed E-state index contributed by atoms with van der Waals surface area (Å²) in [6, 6.07) is 3.44. The molecule has 0 spiro atoms. The average molecular weight is 326 g/mol. The molecule has 1 unspecified atom stereocenters. The Balaban J connectivity index is 3.05. The van der Waals surface area contributed by atoms with Crippen molar-refractivity contribution in [1.29, 1.82) is 0 Å². The second kappa shape index (κ2) is 8.24. The van der Waals surface area contributed by atoms with Crippen LogP contribution in [0.1, 0.15) is 39.3 Å². The van der Waals surface area contributed by atoms with E-state index in [-0.39, 0.29) is 17.6 Å². The van der Waals surface area contributed by atoms with Gasteiger partial charge in [-0.2, -0.15) is 0 Å². The predicted molar refractivity (Wildman–Crippen MR) is 91.7 cm³/mol. The maximum Gasteiger partial charge on any atom is 0.191 e. The number of benzene rings is 1. The van der Waals surface area contributed by atoms with Crippen LogP contribution in [0.3, 0.4) is 0 Å². The topological polar surface area (TPSA) is 39.7 Å². The molecule has 1 aromatic rings. The number of nitrogens with zero attached hydrogens (tertiary/aromatic N) is 2. The van der Waals surface area contributed by atoms with Crippen LogP contribution < -0.4 is 10.6 Å². The monoisotopic (exact) mass is 326 g/mol. The van der Waals surface area contributed by atoms with Gasteiger partial charge in [-0.05, 0) is 53.9 Å². The van der Waals surface area contributed by atoms with Crippen molar-refractivity contribution in [2.75, 3.05) is 27.2 Å². The van der Waals surface area contributed by atoms with Gasteiger partial charge >= 0.3 is 0 Å². The summed E-state index contributed by atoms with van der Waals surface area (Å²) in [5.74, 6) is -0.469. The van der Waals surface area contributed by atoms with E-state index in [1.165, 1.54) is 18.2 Å². The van der Waals surface area contributed by atoms with E-state index in [9.17, 15) is 8.78 Å². The zero-order valence-corrected chi connectivity index (χ0v) is 14.9. The molecule has 0 saturated carbocycles. The third kappa shape index (κ3) is 6.14. The molecule has 0 amide bonds. The molecule has 2 N–H and O–H groups in total. The molecule has 0 bridgehead atoms. The van der Waals surface area contributed by atoms with E-state index in [1.54, 1.807) is 19.0 Å². The summed E-state index contributed by atoms with van der Waals surface area (Å²) in [5, 5.41) is 6.41. The van der Waals surface area contributed by atoms with Gasteiger partial charge in [-0.1, -0.05) is 6.07 Å². The minimum absolute atomic E-state index is 0.0489. The van der Waals surface area contributed by atoms with Crippen molar-refractivity contribution in [3.8, 4) is 0 Å². The molecule has 1 atom stereocenters. The Morgan fingerprint density at radius 1 is 1.22 bits per heavy atom. The van der Waals surface area contributed by atoms with Crippen LogP contribution in [-0.4, -0.2) is 43.6 Å². The molecule has 0 heterocycles. The lowest BCUT2D eigenvalue weighted by molar-refractivity contribution is 0.289. The number of rotatable bonds is 5. The van der Waals surface area contributed by atoms with Gasteiger partial charge in [-0.15, -0.1) is 0 Å². The minimum atomic E-state index is -0.548. The Bertz CT molecular complexity index is 516. The molecule has 0 aliphatic carbocycles. The van der Waals surface area contributed by atoms with Gasteiger partial charge in [0.05, 0.1) is 12.6 Å². The first-order valence-corrected chi connectivity index (χ1v) is 7.82. The van der Waals surface area contributed by atoms with Crippen LogP contribution in [0.15, 0.2) is 23.2 Å². The molecular weight excluding hydrogens is 298 g/mol. The highest BCUT2D eigenvalue weighted by atomic mass is 19.1.